The van der Waals surface area contributed by atoms with Crippen LogP contribution in [0.1, 0.15) is 31.9 Å². The fourth-order valence-electron chi connectivity index (χ4n) is 1.21. The molecule has 0 aliphatic carbocycles. The molecule has 2 heteroatoms. The maximum absolute atomic E-state index is 9.03. The Hall–Kier alpha value is -1.75. The molecule has 0 saturated heterocycles. The van der Waals surface area contributed by atoms with Crippen molar-refractivity contribution in [3.63, 3.8) is 0 Å². The summed E-state index contributed by atoms with van der Waals surface area (Å²) >= 11 is 0. The van der Waals surface area contributed by atoms with Crippen LogP contribution in [0.5, 0.6) is 5.75 Å². The Morgan fingerprint density at radius 1 is 1.33 bits per heavy atom. The van der Waals surface area contributed by atoms with Crippen LogP contribution in [0.4, 0.5) is 0 Å². The number of ether oxygens (including phenoxy) is 1. The van der Waals surface area contributed by atoms with Crippen LogP contribution in [0.25, 0.3) is 0 Å². The number of nitrogens with zero attached hydrogens (tertiary/aromatic N) is 1. The lowest BCUT2D eigenvalue weighted by molar-refractivity contribution is 0.130. The summed E-state index contributed by atoms with van der Waals surface area (Å²) in [6, 6.07) is 7.51. The molecule has 0 saturated carbocycles. The highest BCUT2D eigenvalue weighted by Gasteiger charge is 2.15. The van der Waals surface area contributed by atoms with Crippen molar-refractivity contribution in [2.75, 3.05) is 0 Å². The first kappa shape index (κ1) is 11.3. The SMILES string of the molecule is C=[C]c1cccc(OC(C)(C)C)c1C#N. The van der Waals surface area contributed by atoms with Gasteiger partial charge in [0.2, 0.25) is 0 Å². The van der Waals surface area contributed by atoms with Gasteiger partial charge in [-0.1, -0.05) is 18.7 Å². The van der Waals surface area contributed by atoms with E-state index in [4.69, 9.17) is 10.00 Å². The summed E-state index contributed by atoms with van der Waals surface area (Å²) in [6.45, 7) is 9.37. The van der Waals surface area contributed by atoms with Gasteiger partial charge in [-0.05, 0) is 32.9 Å². The second-order valence-corrected chi connectivity index (χ2v) is 4.18. The van der Waals surface area contributed by atoms with E-state index in [9.17, 15) is 0 Å². The molecule has 0 fully saturated rings. The van der Waals surface area contributed by atoms with Gasteiger partial charge >= 0.3 is 0 Å². The third-order valence-corrected chi connectivity index (χ3v) is 1.74. The summed E-state index contributed by atoms with van der Waals surface area (Å²) in [5.41, 5.74) is 0.854. The molecule has 0 amide bonds. The van der Waals surface area contributed by atoms with Gasteiger partial charge in [-0.25, -0.2) is 0 Å². The highest BCUT2D eigenvalue weighted by atomic mass is 16.5. The maximum Gasteiger partial charge on any atom is 0.138 e. The van der Waals surface area contributed by atoms with Crippen molar-refractivity contribution in [2.24, 2.45) is 0 Å². The van der Waals surface area contributed by atoms with Crippen LogP contribution in [0.15, 0.2) is 24.8 Å². The summed E-state index contributed by atoms with van der Waals surface area (Å²) in [4.78, 5) is 0. The van der Waals surface area contributed by atoms with E-state index >= 15 is 0 Å². The summed E-state index contributed by atoms with van der Waals surface area (Å²) in [6.07, 6.45) is 2.72. The summed E-state index contributed by atoms with van der Waals surface area (Å²) in [5, 5.41) is 9.03. The molecule has 0 bridgehead atoms. The second kappa shape index (κ2) is 4.18. The topological polar surface area (TPSA) is 33.0 Å². The second-order valence-electron chi connectivity index (χ2n) is 4.18. The monoisotopic (exact) mass is 200 g/mol. The Bertz CT molecular complexity index is 408. The normalized spacial score (nSPS) is 10.5. The largest absolute Gasteiger partial charge is 0.487 e. The van der Waals surface area contributed by atoms with Gasteiger partial charge in [-0.3, -0.25) is 0 Å². The first-order valence-corrected chi connectivity index (χ1v) is 4.73. The van der Waals surface area contributed by atoms with Crippen molar-refractivity contribution < 1.29 is 4.74 Å². The average molecular weight is 200 g/mol. The molecule has 1 aromatic rings. The van der Waals surface area contributed by atoms with Gasteiger partial charge in [0, 0.05) is 5.56 Å². The maximum atomic E-state index is 9.03. The third-order valence-electron chi connectivity index (χ3n) is 1.74. The van der Waals surface area contributed by atoms with Crippen molar-refractivity contribution in [1.82, 2.24) is 0 Å². The minimum atomic E-state index is -0.314. The smallest absolute Gasteiger partial charge is 0.138 e. The van der Waals surface area contributed by atoms with Crippen LogP contribution in [-0.4, -0.2) is 5.60 Å². The summed E-state index contributed by atoms with van der Waals surface area (Å²) < 4.78 is 5.68. The lowest BCUT2D eigenvalue weighted by atomic mass is 10.1. The van der Waals surface area contributed by atoms with Gasteiger partial charge in [-0.15, -0.1) is 0 Å². The molecular formula is C13H14NO. The van der Waals surface area contributed by atoms with E-state index in [-0.39, 0.29) is 5.60 Å². The zero-order chi connectivity index (χ0) is 11.5. The highest BCUT2D eigenvalue weighted by molar-refractivity contribution is 5.51. The van der Waals surface area contributed by atoms with Gasteiger partial charge < -0.3 is 4.74 Å². The molecule has 0 aromatic heterocycles. The molecular weight excluding hydrogens is 186 g/mol. The zero-order valence-electron chi connectivity index (χ0n) is 9.29. The Kier molecular flexibility index (Phi) is 3.16. The van der Waals surface area contributed by atoms with Crippen molar-refractivity contribution in [2.45, 2.75) is 26.4 Å². The quantitative estimate of drug-likeness (QED) is 0.735. The van der Waals surface area contributed by atoms with Crippen LogP contribution in [0, 0.1) is 17.4 Å². The van der Waals surface area contributed by atoms with Gasteiger partial charge in [0.25, 0.3) is 0 Å². The first-order valence-electron chi connectivity index (χ1n) is 4.73. The first-order chi connectivity index (χ1) is 6.98. The Balaban J connectivity index is 3.19. The molecule has 1 radical (unpaired) electrons. The summed E-state index contributed by atoms with van der Waals surface area (Å²) in [5.74, 6) is 0.582. The molecule has 2 nitrogen and oxygen atoms in total. The molecule has 15 heavy (non-hydrogen) atoms. The molecule has 1 aromatic carbocycles. The molecule has 0 aliphatic heterocycles. The van der Waals surface area contributed by atoms with Crippen LogP contribution < -0.4 is 4.74 Å². The predicted molar refractivity (Wildman–Crippen MR) is 59.5 cm³/mol. The Morgan fingerprint density at radius 3 is 2.47 bits per heavy atom. The van der Waals surface area contributed by atoms with Crippen LogP contribution in [0.2, 0.25) is 0 Å². The molecule has 0 atom stereocenters. The fourth-order valence-corrected chi connectivity index (χ4v) is 1.21. The molecule has 0 aliphatic rings. The minimum absolute atomic E-state index is 0.314. The number of nitriles is 1. The van der Waals surface area contributed by atoms with Crippen molar-refractivity contribution in [3.05, 3.63) is 42.0 Å². The van der Waals surface area contributed by atoms with E-state index in [0.29, 0.717) is 16.9 Å². The van der Waals surface area contributed by atoms with E-state index in [1.165, 1.54) is 0 Å². The van der Waals surface area contributed by atoms with Crippen LogP contribution in [0.3, 0.4) is 0 Å². The van der Waals surface area contributed by atoms with Gasteiger partial charge in [0.05, 0.1) is 0 Å². The molecule has 1 rings (SSSR count). The van der Waals surface area contributed by atoms with Crippen LogP contribution in [-0.2, 0) is 0 Å². The molecule has 0 unspecified atom stereocenters. The van der Waals surface area contributed by atoms with Crippen molar-refractivity contribution >= 4 is 0 Å². The van der Waals surface area contributed by atoms with Crippen molar-refractivity contribution in [1.29, 1.82) is 5.26 Å². The Morgan fingerprint density at radius 2 is 2.00 bits per heavy atom. The lowest BCUT2D eigenvalue weighted by Crippen LogP contribution is -2.23. The van der Waals surface area contributed by atoms with E-state index < -0.39 is 0 Å². The minimum Gasteiger partial charge on any atom is -0.487 e. The number of hydrogen-bond acceptors (Lipinski definition) is 2. The molecule has 0 N–H and O–H groups in total. The third kappa shape index (κ3) is 2.85. The van der Waals surface area contributed by atoms with Gasteiger partial charge in [-0.2, -0.15) is 5.26 Å². The number of benzene rings is 1. The number of rotatable bonds is 2. The van der Waals surface area contributed by atoms with E-state index in [1.807, 2.05) is 26.8 Å². The van der Waals surface area contributed by atoms with Crippen LogP contribution >= 0.6 is 0 Å². The molecule has 77 valence electrons. The number of hydrogen-bond donors (Lipinski definition) is 0. The zero-order valence-corrected chi connectivity index (χ0v) is 9.29. The highest BCUT2D eigenvalue weighted by Crippen LogP contribution is 2.25. The average Bonchev–Trinajstić information content (AvgIpc) is 2.15. The standard InChI is InChI=1S/C13H14NO/c1-5-10-7-6-8-12(11(10)9-14)15-13(2,3)4/h6-8H,1H2,2-4H3. The lowest BCUT2D eigenvalue weighted by Gasteiger charge is -2.22. The fraction of sp³-hybridized carbons (Fsp3) is 0.308. The molecule has 0 heterocycles. The predicted octanol–water partition coefficient (Wildman–Crippen LogP) is 3.07. The van der Waals surface area contributed by atoms with E-state index in [0.717, 1.165) is 0 Å². The molecule has 0 spiro atoms. The van der Waals surface area contributed by atoms with E-state index in [2.05, 4.69) is 18.7 Å². The van der Waals surface area contributed by atoms with Gasteiger partial charge in [0.15, 0.2) is 0 Å². The Labute approximate surface area is 90.8 Å². The summed E-state index contributed by atoms with van der Waals surface area (Å²) in [7, 11) is 0. The van der Waals surface area contributed by atoms with Gasteiger partial charge in [0.1, 0.15) is 23.0 Å². The van der Waals surface area contributed by atoms with Crippen molar-refractivity contribution in [3.8, 4) is 11.8 Å². The van der Waals surface area contributed by atoms with E-state index in [1.54, 1.807) is 12.1 Å².